The van der Waals surface area contributed by atoms with Crippen molar-refractivity contribution in [3.8, 4) is 17.6 Å². The molecule has 19 heteroatoms. The molecule has 2 atom stereocenters. The van der Waals surface area contributed by atoms with E-state index < -0.39 is 35.4 Å². The first-order chi connectivity index (χ1) is 29.7. The average Bonchev–Trinajstić information content (AvgIpc) is 3.17. The Morgan fingerprint density at radius 2 is 1.16 bits per heavy atom. The molecule has 4 amide bonds. The summed E-state index contributed by atoms with van der Waals surface area (Å²) >= 11 is 0. The van der Waals surface area contributed by atoms with Gasteiger partial charge in [-0.2, -0.15) is 0 Å². The van der Waals surface area contributed by atoms with Gasteiger partial charge in [-0.1, -0.05) is 33.8 Å². The van der Waals surface area contributed by atoms with E-state index >= 15 is 0 Å². The number of nitrogens with one attached hydrogen (secondary N) is 4. The molecule has 1 unspecified atom stereocenters. The molecule has 0 aliphatic carbocycles. The normalized spacial score (nSPS) is 12.3. The van der Waals surface area contributed by atoms with Crippen molar-refractivity contribution >= 4 is 41.4 Å². The van der Waals surface area contributed by atoms with Crippen LogP contribution in [0.1, 0.15) is 80.2 Å². The van der Waals surface area contributed by atoms with E-state index in [0.29, 0.717) is 38.3 Å². The van der Waals surface area contributed by atoms with Gasteiger partial charge in [-0.25, -0.2) is 4.79 Å². The van der Waals surface area contributed by atoms with Gasteiger partial charge in [-0.15, -0.1) is 0 Å². The summed E-state index contributed by atoms with van der Waals surface area (Å²) in [7, 11) is 0. The molecule has 1 aromatic rings. The van der Waals surface area contributed by atoms with Crippen molar-refractivity contribution in [3.05, 3.63) is 23.8 Å². The smallest absolute Gasteiger partial charge is 0.407 e. The maximum Gasteiger partial charge on any atom is 0.407 e. The van der Waals surface area contributed by atoms with Crippen LogP contribution in [0.25, 0.3) is 0 Å². The second-order valence-corrected chi connectivity index (χ2v) is 16.4. The lowest BCUT2D eigenvalue weighted by Gasteiger charge is -2.32. The summed E-state index contributed by atoms with van der Waals surface area (Å²) in [6, 6.07) is 4.89. The third-order valence-electron chi connectivity index (χ3n) is 8.67. The lowest BCUT2D eigenvalue weighted by atomic mass is 9.78. The van der Waals surface area contributed by atoms with Crippen LogP contribution in [-0.2, 0) is 63.6 Å². The van der Waals surface area contributed by atoms with Gasteiger partial charge in [0.2, 0.25) is 5.91 Å². The molecule has 19 nitrogen and oxygen atoms in total. The lowest BCUT2D eigenvalue weighted by Crippen LogP contribution is -2.42. The second-order valence-electron chi connectivity index (χ2n) is 16.4. The topological polar surface area (TPSA) is 245 Å². The number of hydrogen-bond donors (Lipinski definition) is 5. The highest BCUT2D eigenvalue weighted by Gasteiger charge is 2.27. The van der Waals surface area contributed by atoms with Gasteiger partial charge in [0.05, 0.1) is 97.8 Å². The SMILES string of the molecule is CC(=O)Oc1ccc(C[C@@H](CC(C)C(C)(C)C)NC(=O)OC(C)(C)C)cc1NC(=O)CCOCCOCCOCCNC(=O)C#CC(=O)NCCOCCOCCOCCC(=O)O. The van der Waals surface area contributed by atoms with Crippen molar-refractivity contribution in [1.29, 1.82) is 0 Å². The Morgan fingerprint density at radius 3 is 1.62 bits per heavy atom. The molecule has 63 heavy (non-hydrogen) atoms. The zero-order valence-corrected chi connectivity index (χ0v) is 38.3. The number of carbonyl (C=O) groups is 6. The quantitative estimate of drug-likeness (QED) is 0.0311. The van der Waals surface area contributed by atoms with Gasteiger partial charge >= 0.3 is 18.0 Å². The number of carboxylic acid groups (broad SMARTS) is 1. The number of benzene rings is 1. The number of ether oxygens (including phenoxy) is 8. The van der Waals surface area contributed by atoms with Crippen LogP contribution >= 0.6 is 0 Å². The summed E-state index contributed by atoms with van der Waals surface area (Å²) in [6.07, 6.45) is 0.592. The summed E-state index contributed by atoms with van der Waals surface area (Å²) in [4.78, 5) is 71.5. The Morgan fingerprint density at radius 1 is 0.683 bits per heavy atom. The van der Waals surface area contributed by atoms with Crippen LogP contribution in [0.15, 0.2) is 18.2 Å². The average molecular weight is 895 g/mol. The maximum atomic E-state index is 12.9. The van der Waals surface area contributed by atoms with Crippen molar-refractivity contribution in [1.82, 2.24) is 16.0 Å². The van der Waals surface area contributed by atoms with E-state index in [1.807, 2.05) is 0 Å². The zero-order valence-electron chi connectivity index (χ0n) is 38.3. The van der Waals surface area contributed by atoms with Crippen LogP contribution in [0.4, 0.5) is 10.5 Å². The summed E-state index contributed by atoms with van der Waals surface area (Å²) in [5.41, 5.74) is 0.483. The fraction of sp³-hybridized carbons (Fsp3) is 0.682. The predicted octanol–water partition coefficient (Wildman–Crippen LogP) is 3.26. The molecule has 1 aromatic carbocycles. The predicted molar refractivity (Wildman–Crippen MR) is 232 cm³/mol. The fourth-order valence-electron chi connectivity index (χ4n) is 5.07. The maximum absolute atomic E-state index is 12.9. The first-order valence-electron chi connectivity index (χ1n) is 21.1. The molecule has 0 aliphatic heterocycles. The molecule has 0 aliphatic rings. The molecule has 0 aromatic heterocycles. The first kappa shape index (κ1) is 56.2. The molecule has 0 saturated carbocycles. The Kier molecular flexibility index (Phi) is 28.5. The van der Waals surface area contributed by atoms with Crippen molar-refractivity contribution in [2.75, 3.05) is 97.7 Å². The zero-order chi connectivity index (χ0) is 47.1. The van der Waals surface area contributed by atoms with Gasteiger partial charge in [0.25, 0.3) is 11.8 Å². The Balaban J connectivity index is 2.30. The highest BCUT2D eigenvalue weighted by atomic mass is 16.6. The molecule has 1 rings (SSSR count). The van der Waals surface area contributed by atoms with E-state index in [1.165, 1.54) is 6.92 Å². The largest absolute Gasteiger partial charge is 0.481 e. The van der Waals surface area contributed by atoms with Crippen LogP contribution < -0.4 is 26.0 Å². The monoisotopic (exact) mass is 894 g/mol. The Labute approximate surface area is 371 Å². The van der Waals surface area contributed by atoms with E-state index in [9.17, 15) is 28.8 Å². The molecule has 0 bridgehead atoms. The van der Waals surface area contributed by atoms with Gasteiger partial charge in [-0.3, -0.25) is 24.0 Å². The number of alkyl carbamates (subject to hydrolysis) is 1. The van der Waals surface area contributed by atoms with E-state index in [-0.39, 0.29) is 114 Å². The molecule has 0 fully saturated rings. The molecule has 356 valence electrons. The second kappa shape index (κ2) is 31.9. The number of carbonyl (C=O) groups excluding carboxylic acids is 5. The number of hydrogen-bond acceptors (Lipinski definition) is 14. The number of rotatable bonds is 31. The van der Waals surface area contributed by atoms with Gasteiger partial charge in [0.15, 0.2) is 5.75 Å². The Bertz CT molecular complexity index is 1610. The van der Waals surface area contributed by atoms with Crippen LogP contribution in [0.5, 0.6) is 5.75 Å². The standard InChI is InChI=1S/C44H70N4O15/c1-32(43(3,4)5)29-35(47-42(55)63-44(6,7)8)30-34-9-10-37(62-33(2)49)36(31-34)48-40(52)13-17-56-21-25-60-27-23-58-19-15-45-38(50)11-12-39(51)46-16-20-59-24-28-61-26-22-57-18-14-41(53)54/h9-10,31-32,35H,13-30H2,1-8H3,(H,45,50)(H,46,51)(H,47,55)(H,48,52)(H,53,54)/t32?,35-/m1/s1. The molecule has 0 spiro atoms. The molecular formula is C44H70N4O15. The number of amides is 4. The molecule has 0 heterocycles. The minimum atomic E-state index is -0.922. The molecule has 0 radical (unpaired) electrons. The number of carboxylic acids is 1. The van der Waals surface area contributed by atoms with E-state index in [0.717, 1.165) is 5.56 Å². The lowest BCUT2D eigenvalue weighted by molar-refractivity contribution is -0.138. The van der Waals surface area contributed by atoms with Crippen LogP contribution in [0, 0.1) is 23.2 Å². The number of esters is 1. The highest BCUT2D eigenvalue weighted by Crippen LogP contribution is 2.31. The third-order valence-corrected chi connectivity index (χ3v) is 8.67. The van der Waals surface area contributed by atoms with E-state index in [1.54, 1.807) is 39.0 Å². The van der Waals surface area contributed by atoms with Crippen LogP contribution in [0.2, 0.25) is 0 Å². The number of aliphatic carboxylic acids is 1. The molecule has 5 N–H and O–H groups in total. The first-order valence-corrected chi connectivity index (χ1v) is 21.1. The van der Waals surface area contributed by atoms with Gasteiger partial charge in [-0.05, 0) is 62.6 Å². The minimum absolute atomic E-state index is 0.00384. The summed E-state index contributed by atoms with van der Waals surface area (Å²) < 4.78 is 43.0. The number of anilines is 1. The molecule has 0 saturated heterocycles. The van der Waals surface area contributed by atoms with Gasteiger partial charge < -0.3 is 64.3 Å². The van der Waals surface area contributed by atoms with E-state index in [2.05, 4.69) is 60.8 Å². The summed E-state index contributed by atoms with van der Waals surface area (Å²) in [5, 5.41) is 19.4. The van der Waals surface area contributed by atoms with Crippen molar-refractivity contribution in [2.45, 2.75) is 92.7 Å². The van der Waals surface area contributed by atoms with Gasteiger partial charge in [0.1, 0.15) is 5.60 Å². The highest BCUT2D eigenvalue weighted by molar-refractivity contribution is 6.02. The molecular weight excluding hydrogens is 824 g/mol. The Hall–Kier alpha value is -4.84. The van der Waals surface area contributed by atoms with E-state index in [4.69, 9.17) is 43.0 Å². The minimum Gasteiger partial charge on any atom is -0.481 e. The van der Waals surface area contributed by atoms with Crippen LogP contribution in [0.3, 0.4) is 0 Å². The van der Waals surface area contributed by atoms with Crippen molar-refractivity contribution in [2.24, 2.45) is 11.3 Å². The van der Waals surface area contributed by atoms with Crippen LogP contribution in [-0.4, -0.2) is 145 Å². The summed E-state index contributed by atoms with van der Waals surface area (Å²) in [6.45, 7) is 18.6. The van der Waals surface area contributed by atoms with Crippen molar-refractivity contribution in [3.63, 3.8) is 0 Å². The third kappa shape index (κ3) is 31.6. The van der Waals surface area contributed by atoms with Gasteiger partial charge in [0, 0.05) is 37.9 Å². The fourth-order valence-corrected chi connectivity index (χ4v) is 5.07. The summed E-state index contributed by atoms with van der Waals surface area (Å²) in [5.74, 6) is 1.79. The van der Waals surface area contributed by atoms with Crippen molar-refractivity contribution < 1.29 is 71.8 Å².